The number of ether oxygens (including phenoxy) is 18. The van der Waals surface area contributed by atoms with Gasteiger partial charge in [0.05, 0.1) is 262 Å². The van der Waals surface area contributed by atoms with Gasteiger partial charge in [-0.05, 0) is 25.7 Å². The van der Waals surface area contributed by atoms with E-state index < -0.39 is 0 Å². The number of urea groups is 2. The van der Waals surface area contributed by atoms with Gasteiger partial charge in [-0.3, -0.25) is 19.2 Å². The first-order chi connectivity index (χ1) is 50.3. The summed E-state index contributed by atoms with van der Waals surface area (Å²) in [5.74, 6) is 3.16. The topological polar surface area (TPSA) is 365 Å². The highest BCUT2D eigenvalue weighted by Crippen LogP contribution is 2.34. The minimum Gasteiger partial charge on any atom is -0.377 e. The summed E-state index contributed by atoms with van der Waals surface area (Å²) in [7, 11) is 3.13. The summed E-state index contributed by atoms with van der Waals surface area (Å²) in [4.78, 5) is 71.5. The van der Waals surface area contributed by atoms with Crippen molar-refractivity contribution in [2.45, 2.75) is 98.9 Å². The van der Waals surface area contributed by atoms with E-state index in [1.165, 1.54) is 0 Å². The molecule has 4 saturated heterocycles. The van der Waals surface area contributed by atoms with Crippen LogP contribution in [0.3, 0.4) is 0 Å². The normalized spacial score (nSPS) is 18.2. The van der Waals surface area contributed by atoms with E-state index in [4.69, 9.17) is 85.3 Å². The van der Waals surface area contributed by atoms with Crippen molar-refractivity contribution in [3.05, 3.63) is 0 Å². The molecule has 0 aromatic heterocycles. The van der Waals surface area contributed by atoms with Gasteiger partial charge in [0.25, 0.3) is 0 Å². The summed E-state index contributed by atoms with van der Waals surface area (Å²) in [5, 5.41) is 24.3. The van der Waals surface area contributed by atoms with Gasteiger partial charge in [-0.15, -0.1) is 0 Å². The van der Waals surface area contributed by atoms with Gasteiger partial charge in [0.15, 0.2) is 0 Å². The molecule has 4 fully saturated rings. The van der Waals surface area contributed by atoms with Crippen molar-refractivity contribution >= 4 is 80.8 Å². The molecule has 594 valence electrons. The van der Waals surface area contributed by atoms with E-state index in [1.54, 1.807) is 21.6 Å². The van der Waals surface area contributed by atoms with E-state index in [0.717, 1.165) is 50.0 Å². The van der Waals surface area contributed by atoms with E-state index in [0.29, 0.717) is 312 Å². The quantitative estimate of drug-likeness (QED) is 0.0242. The number of rotatable bonds is 77. The summed E-state index contributed by atoms with van der Waals surface area (Å²) in [6.45, 7) is 17.9. The van der Waals surface area contributed by atoms with Crippen molar-refractivity contribution in [3.8, 4) is 0 Å². The van der Waals surface area contributed by atoms with Crippen LogP contribution in [0.2, 0.25) is 0 Å². The van der Waals surface area contributed by atoms with Gasteiger partial charge in [0.2, 0.25) is 23.6 Å². The third-order valence-corrected chi connectivity index (χ3v) is 20.7. The number of nitrogens with one attached hydrogen (secondary N) is 8. The molecule has 0 spiro atoms. The molecule has 4 rings (SSSR count). The lowest BCUT2D eigenvalue weighted by atomic mass is 10.0. The van der Waals surface area contributed by atoms with E-state index >= 15 is 0 Å². The summed E-state index contributed by atoms with van der Waals surface area (Å²) in [5.41, 5.74) is 0. The average Bonchev–Trinajstić information content (AvgIpc) is 1.68. The molecule has 8 amide bonds. The van der Waals surface area contributed by atoms with Crippen LogP contribution in [-0.2, 0) is 104 Å². The molecule has 0 saturated carbocycles. The standard InChI is InChI=1S/C66H122N8O24S4/c75-59(7-3-1-5-57-63-55(53-99-57)71-65(79)73-63)67-11-15-81-19-23-85-27-31-89-35-39-93-43-47-97-49-45-95-41-37-91-33-29-87-25-21-83-17-13-69-61(77)9-51-101-102-52-10-62(78)70-14-18-84-22-26-88-30-34-92-38-42-96-46-50-98-48-44-94-40-36-90-32-28-86-24-20-82-16-12-68-60(76)8-4-2-6-58-64-56(54-100-58)72-66(80)74-64/h55-58,63-64H,1-54H2,(H,67,75)(H,68,76)(H,69,77)(H,70,78)(H2,71,73,79)(H2,72,74,80)/t55-,56-,57-,58-,63-,64-/m0/s1. The predicted octanol–water partition coefficient (Wildman–Crippen LogP) is 1.36. The Labute approximate surface area is 620 Å². The van der Waals surface area contributed by atoms with Crippen LogP contribution in [-0.4, -0.2) is 357 Å². The van der Waals surface area contributed by atoms with Gasteiger partial charge in [-0.1, -0.05) is 34.4 Å². The van der Waals surface area contributed by atoms with Gasteiger partial charge in [0, 0.05) is 85.4 Å². The molecule has 0 aromatic rings. The van der Waals surface area contributed by atoms with E-state index in [1.807, 2.05) is 23.5 Å². The van der Waals surface area contributed by atoms with E-state index in [9.17, 15) is 28.8 Å². The highest BCUT2D eigenvalue weighted by Gasteiger charge is 2.43. The van der Waals surface area contributed by atoms with Crippen molar-refractivity contribution in [2.24, 2.45) is 0 Å². The Kier molecular flexibility index (Phi) is 60.5. The molecule has 4 aliphatic heterocycles. The molecule has 0 aromatic carbocycles. The Balaban J connectivity index is 0.702. The molecular weight excluding hydrogens is 1420 g/mol. The van der Waals surface area contributed by atoms with Crippen LogP contribution < -0.4 is 42.5 Å². The zero-order chi connectivity index (χ0) is 72.3. The van der Waals surface area contributed by atoms with Crippen molar-refractivity contribution in [3.63, 3.8) is 0 Å². The maximum absolute atomic E-state index is 12.1. The van der Waals surface area contributed by atoms with Crippen molar-refractivity contribution in [1.29, 1.82) is 0 Å². The molecule has 4 heterocycles. The fourth-order valence-electron chi connectivity index (χ4n) is 10.1. The molecule has 0 unspecified atom stereocenters. The monoisotopic (exact) mass is 1540 g/mol. The number of hydrogen-bond acceptors (Lipinski definition) is 28. The van der Waals surface area contributed by atoms with Crippen molar-refractivity contribution in [1.82, 2.24) is 42.5 Å². The second kappa shape index (κ2) is 67.5. The van der Waals surface area contributed by atoms with Crippen LogP contribution >= 0.6 is 45.1 Å². The zero-order valence-corrected chi connectivity index (χ0v) is 63.3. The van der Waals surface area contributed by atoms with Gasteiger partial charge < -0.3 is 128 Å². The van der Waals surface area contributed by atoms with Crippen LogP contribution in [0.15, 0.2) is 0 Å². The van der Waals surface area contributed by atoms with Crippen LogP contribution in [0.25, 0.3) is 0 Å². The molecule has 4 aliphatic rings. The lowest BCUT2D eigenvalue weighted by Crippen LogP contribution is -2.36. The molecule has 8 N–H and O–H groups in total. The lowest BCUT2D eigenvalue weighted by molar-refractivity contribution is -0.122. The van der Waals surface area contributed by atoms with Gasteiger partial charge in [-0.2, -0.15) is 23.5 Å². The third kappa shape index (κ3) is 53.0. The molecule has 36 heteroatoms. The smallest absolute Gasteiger partial charge is 0.315 e. The molecule has 32 nitrogen and oxygen atoms in total. The van der Waals surface area contributed by atoms with Gasteiger partial charge in [-0.25, -0.2) is 9.59 Å². The number of fused-ring (bicyclic) bond motifs is 2. The third-order valence-electron chi connectivity index (χ3n) is 15.3. The number of hydrogen-bond donors (Lipinski definition) is 8. The first-order valence-corrected chi connectivity index (χ1v) is 40.9. The molecule has 0 bridgehead atoms. The number of carbonyl (C=O) groups excluding carboxylic acids is 6. The minimum atomic E-state index is -0.0686. The largest absolute Gasteiger partial charge is 0.377 e. The second-order valence-electron chi connectivity index (χ2n) is 23.3. The van der Waals surface area contributed by atoms with Crippen molar-refractivity contribution in [2.75, 3.05) is 287 Å². The molecule has 102 heavy (non-hydrogen) atoms. The Morgan fingerprint density at radius 1 is 0.294 bits per heavy atom. The zero-order valence-electron chi connectivity index (χ0n) is 60.1. The fourth-order valence-corrected chi connectivity index (χ4v) is 15.1. The summed E-state index contributed by atoms with van der Waals surface area (Å²) in [6.07, 6.45) is 7.34. The number of unbranched alkanes of at least 4 members (excludes halogenated alkanes) is 2. The Morgan fingerprint density at radius 3 is 0.725 bits per heavy atom. The van der Waals surface area contributed by atoms with Gasteiger partial charge in [0.1, 0.15) is 0 Å². The minimum absolute atomic E-state index is 0.0324. The summed E-state index contributed by atoms with van der Waals surface area (Å²) < 4.78 is 99.5. The Bertz CT molecular complexity index is 1940. The first kappa shape index (κ1) is 91.5. The lowest BCUT2D eigenvalue weighted by Gasteiger charge is -2.16. The van der Waals surface area contributed by atoms with Gasteiger partial charge >= 0.3 is 12.1 Å². The summed E-state index contributed by atoms with van der Waals surface area (Å²) in [6, 6.07) is 0.748. The first-order valence-electron chi connectivity index (χ1n) is 36.4. The maximum atomic E-state index is 12.1. The van der Waals surface area contributed by atoms with Crippen LogP contribution in [0.4, 0.5) is 9.59 Å². The Hall–Kier alpha value is -2.90. The SMILES string of the molecule is O=C(CCCC[C@@H]1SC[C@@H]2NC(=O)N[C@@H]21)NCCOCCOCCOCCOCCOCCOCCOCCOCCOCCNC(=O)CCSSCCC(=O)NCCOCCOCCOCCOCCOCCOCCOCCOCCOCCNC(=O)CCCC[C@@H]1SC[C@@H]2NC(=O)N[C@@H]21. The number of thioether (sulfide) groups is 2. The Morgan fingerprint density at radius 2 is 0.500 bits per heavy atom. The van der Waals surface area contributed by atoms with Crippen molar-refractivity contribution < 1.29 is 114 Å². The highest BCUT2D eigenvalue weighted by atomic mass is 33.1. The molecule has 0 aliphatic carbocycles. The predicted molar refractivity (Wildman–Crippen MR) is 389 cm³/mol. The van der Waals surface area contributed by atoms with Crippen LogP contribution in [0.1, 0.15) is 64.2 Å². The number of amides is 8. The molecule has 6 atom stereocenters. The van der Waals surface area contributed by atoms with Crippen LogP contribution in [0.5, 0.6) is 0 Å². The average molecular weight is 1540 g/mol. The molecule has 0 radical (unpaired) electrons. The second-order valence-corrected chi connectivity index (χ2v) is 28.5. The summed E-state index contributed by atoms with van der Waals surface area (Å²) >= 11 is 3.79. The van der Waals surface area contributed by atoms with E-state index in [2.05, 4.69) is 42.5 Å². The number of carbonyl (C=O) groups is 6. The molecular formula is C66H122N8O24S4. The van der Waals surface area contributed by atoms with E-state index in [-0.39, 0.29) is 59.9 Å². The highest BCUT2D eigenvalue weighted by molar-refractivity contribution is 8.76. The van der Waals surface area contributed by atoms with Crippen LogP contribution in [0, 0.1) is 0 Å². The maximum Gasteiger partial charge on any atom is 0.315 e. The fraction of sp³-hybridized carbons (Fsp3) is 0.909.